The number of sulfonamides is 1. The maximum atomic E-state index is 14.1. The van der Waals surface area contributed by atoms with Gasteiger partial charge in [-0.05, 0) is 73.0 Å². The maximum absolute atomic E-state index is 14.1. The van der Waals surface area contributed by atoms with Crippen LogP contribution in [0.1, 0.15) is 27.0 Å². The first-order valence-electron chi connectivity index (χ1n) is 14.0. The van der Waals surface area contributed by atoms with Gasteiger partial charge in [0.05, 0.1) is 21.8 Å². The Bertz CT molecular complexity index is 1670. The van der Waals surface area contributed by atoms with Crippen LogP contribution in [0.5, 0.6) is 0 Å². The van der Waals surface area contributed by atoms with E-state index in [2.05, 4.69) is 0 Å². The van der Waals surface area contributed by atoms with Crippen molar-refractivity contribution in [2.24, 2.45) is 0 Å². The average Bonchev–Trinajstić information content (AvgIpc) is 3.01. The lowest BCUT2D eigenvalue weighted by atomic mass is 10.1. The number of piperazine rings is 1. The highest BCUT2D eigenvalue weighted by atomic mass is 32.2. The standard InChI is InChI=1S/C33H32F3N3O3S/c1-25-8-7-11-29(24-25)43(41,42)39(19-18-26-9-3-2-4-10-26)31-13-6-5-12-30(31)37-20-22-38(23-21-37)32(40)27-14-16-28(17-15-27)33(34,35)36/h2-17,24H,18-23H2,1H3. The topological polar surface area (TPSA) is 60.9 Å². The number of alkyl halides is 3. The van der Waals surface area contributed by atoms with E-state index in [9.17, 15) is 26.4 Å². The maximum Gasteiger partial charge on any atom is 0.416 e. The Hall–Kier alpha value is -4.31. The molecule has 4 aromatic carbocycles. The van der Waals surface area contributed by atoms with E-state index < -0.39 is 21.8 Å². The predicted molar refractivity (Wildman–Crippen MR) is 162 cm³/mol. The molecule has 1 fully saturated rings. The van der Waals surface area contributed by atoms with Gasteiger partial charge in [-0.25, -0.2) is 8.42 Å². The minimum Gasteiger partial charge on any atom is -0.366 e. The molecule has 1 aliphatic rings. The van der Waals surface area contributed by atoms with Crippen LogP contribution in [0.15, 0.2) is 108 Å². The van der Waals surface area contributed by atoms with Crippen molar-refractivity contribution < 1.29 is 26.4 Å². The van der Waals surface area contributed by atoms with Gasteiger partial charge in [0, 0.05) is 38.3 Å². The lowest BCUT2D eigenvalue weighted by Crippen LogP contribution is -2.49. The van der Waals surface area contributed by atoms with Gasteiger partial charge in [0.25, 0.3) is 15.9 Å². The highest BCUT2D eigenvalue weighted by Gasteiger charge is 2.32. The Kier molecular flexibility index (Phi) is 8.77. The highest BCUT2D eigenvalue weighted by Crippen LogP contribution is 2.35. The molecule has 0 spiro atoms. The summed E-state index contributed by atoms with van der Waals surface area (Å²) < 4.78 is 68.5. The molecule has 0 N–H and O–H groups in total. The van der Waals surface area contributed by atoms with Crippen molar-refractivity contribution >= 4 is 27.3 Å². The quantitative estimate of drug-likeness (QED) is 0.232. The largest absolute Gasteiger partial charge is 0.416 e. The van der Waals surface area contributed by atoms with Gasteiger partial charge < -0.3 is 9.80 Å². The summed E-state index contributed by atoms with van der Waals surface area (Å²) in [4.78, 5) is 16.9. The number of para-hydroxylation sites is 2. The predicted octanol–water partition coefficient (Wildman–Crippen LogP) is 6.41. The Morgan fingerprint density at radius 2 is 1.47 bits per heavy atom. The second-order valence-corrected chi connectivity index (χ2v) is 12.3. The van der Waals surface area contributed by atoms with Gasteiger partial charge in [0.2, 0.25) is 0 Å². The van der Waals surface area contributed by atoms with Gasteiger partial charge in [-0.15, -0.1) is 0 Å². The molecule has 10 heteroatoms. The van der Waals surface area contributed by atoms with E-state index in [1.165, 1.54) is 16.4 Å². The number of amides is 1. The molecule has 0 bridgehead atoms. The van der Waals surface area contributed by atoms with Crippen molar-refractivity contribution in [3.05, 3.63) is 125 Å². The molecule has 1 aliphatic heterocycles. The van der Waals surface area contributed by atoms with Gasteiger partial charge in [0.1, 0.15) is 0 Å². The van der Waals surface area contributed by atoms with Gasteiger partial charge in [-0.2, -0.15) is 13.2 Å². The van der Waals surface area contributed by atoms with Crippen LogP contribution in [-0.4, -0.2) is 51.9 Å². The molecule has 0 radical (unpaired) electrons. The first kappa shape index (κ1) is 30.2. The van der Waals surface area contributed by atoms with Crippen LogP contribution >= 0.6 is 0 Å². The summed E-state index contributed by atoms with van der Waals surface area (Å²) in [7, 11) is -3.92. The molecule has 1 heterocycles. The van der Waals surface area contributed by atoms with Gasteiger partial charge in [0.15, 0.2) is 0 Å². The number of carbonyl (C=O) groups excluding carboxylic acids is 1. The second-order valence-electron chi connectivity index (χ2n) is 10.5. The third kappa shape index (κ3) is 6.85. The van der Waals surface area contributed by atoms with Crippen LogP contribution in [0.2, 0.25) is 0 Å². The van der Waals surface area contributed by atoms with Crippen molar-refractivity contribution in [1.29, 1.82) is 0 Å². The fourth-order valence-corrected chi connectivity index (χ4v) is 6.81. The van der Waals surface area contributed by atoms with Crippen molar-refractivity contribution in [3.63, 3.8) is 0 Å². The first-order chi connectivity index (χ1) is 20.5. The fraction of sp³-hybridized carbons (Fsp3) is 0.242. The minimum absolute atomic E-state index is 0.193. The second kappa shape index (κ2) is 12.5. The number of carbonyl (C=O) groups is 1. The lowest BCUT2D eigenvalue weighted by molar-refractivity contribution is -0.137. The fourth-order valence-electron chi connectivity index (χ4n) is 5.23. The zero-order valence-electron chi connectivity index (χ0n) is 23.7. The van der Waals surface area contributed by atoms with E-state index in [1.807, 2.05) is 66.4 Å². The molecule has 1 saturated heterocycles. The van der Waals surface area contributed by atoms with Crippen LogP contribution in [-0.2, 0) is 22.6 Å². The summed E-state index contributed by atoms with van der Waals surface area (Å²) in [6, 6.07) is 28.1. The molecular weight excluding hydrogens is 575 g/mol. The third-order valence-electron chi connectivity index (χ3n) is 7.54. The number of anilines is 2. The van der Waals surface area contributed by atoms with Gasteiger partial charge in [-0.1, -0.05) is 54.6 Å². The van der Waals surface area contributed by atoms with Crippen molar-refractivity contribution in [1.82, 2.24) is 4.90 Å². The van der Waals surface area contributed by atoms with Crippen LogP contribution in [0.25, 0.3) is 0 Å². The molecule has 5 rings (SSSR count). The molecule has 0 atom stereocenters. The van der Waals surface area contributed by atoms with Crippen molar-refractivity contribution in [2.45, 2.75) is 24.4 Å². The SMILES string of the molecule is Cc1cccc(S(=O)(=O)N(CCc2ccccc2)c2ccccc2N2CCN(C(=O)c3ccc(C(F)(F)F)cc3)CC2)c1. The monoisotopic (exact) mass is 607 g/mol. The molecule has 0 saturated carbocycles. The molecule has 43 heavy (non-hydrogen) atoms. The summed E-state index contributed by atoms with van der Waals surface area (Å²) >= 11 is 0. The third-order valence-corrected chi connectivity index (χ3v) is 9.35. The molecule has 4 aromatic rings. The zero-order valence-corrected chi connectivity index (χ0v) is 24.5. The summed E-state index contributed by atoms with van der Waals surface area (Å²) in [5, 5.41) is 0. The Morgan fingerprint density at radius 1 is 0.814 bits per heavy atom. The number of rotatable bonds is 8. The molecule has 0 aromatic heterocycles. The van der Waals surface area contributed by atoms with Crippen LogP contribution in [0.3, 0.4) is 0 Å². The van der Waals surface area contributed by atoms with E-state index in [-0.39, 0.29) is 22.9 Å². The van der Waals surface area contributed by atoms with E-state index >= 15 is 0 Å². The normalized spacial score (nSPS) is 14.0. The van der Waals surface area contributed by atoms with E-state index in [1.54, 1.807) is 29.2 Å². The number of halogens is 3. The van der Waals surface area contributed by atoms with Crippen molar-refractivity contribution in [2.75, 3.05) is 41.9 Å². The molecular formula is C33H32F3N3O3S. The van der Waals surface area contributed by atoms with Crippen molar-refractivity contribution in [3.8, 4) is 0 Å². The Morgan fingerprint density at radius 3 is 2.12 bits per heavy atom. The Labute approximate surface area is 250 Å². The average molecular weight is 608 g/mol. The summed E-state index contributed by atoms with van der Waals surface area (Å²) in [6.45, 7) is 3.61. The van der Waals surface area contributed by atoms with Gasteiger partial charge in [-0.3, -0.25) is 9.10 Å². The number of hydrogen-bond acceptors (Lipinski definition) is 4. The van der Waals surface area contributed by atoms with E-state index in [0.29, 0.717) is 38.3 Å². The number of nitrogens with zero attached hydrogens (tertiary/aromatic N) is 3. The number of aryl methyl sites for hydroxylation is 1. The van der Waals surface area contributed by atoms with E-state index in [0.717, 1.165) is 28.9 Å². The van der Waals surface area contributed by atoms with Crippen LogP contribution < -0.4 is 9.21 Å². The molecule has 0 unspecified atom stereocenters. The number of hydrogen-bond donors (Lipinski definition) is 0. The summed E-state index contributed by atoms with van der Waals surface area (Å²) in [5.41, 5.74) is 2.52. The van der Waals surface area contributed by atoms with E-state index in [4.69, 9.17) is 0 Å². The lowest BCUT2D eigenvalue weighted by Gasteiger charge is -2.38. The highest BCUT2D eigenvalue weighted by molar-refractivity contribution is 7.92. The summed E-state index contributed by atoms with van der Waals surface area (Å²) in [6.07, 6.45) is -3.96. The van der Waals surface area contributed by atoms with Crippen LogP contribution in [0, 0.1) is 6.92 Å². The minimum atomic E-state index is -4.47. The molecule has 0 aliphatic carbocycles. The number of benzene rings is 4. The molecule has 6 nitrogen and oxygen atoms in total. The summed E-state index contributed by atoms with van der Waals surface area (Å²) in [5.74, 6) is -0.340. The zero-order chi connectivity index (χ0) is 30.6. The molecule has 224 valence electrons. The smallest absolute Gasteiger partial charge is 0.366 e. The molecule has 1 amide bonds. The van der Waals surface area contributed by atoms with Crippen LogP contribution in [0.4, 0.5) is 24.5 Å². The first-order valence-corrected chi connectivity index (χ1v) is 15.4. The Balaban J connectivity index is 1.39. The van der Waals surface area contributed by atoms with Gasteiger partial charge >= 0.3 is 6.18 Å².